The molecule has 1 saturated heterocycles. The second-order valence-corrected chi connectivity index (χ2v) is 8.06. The molecule has 1 fully saturated rings. The van der Waals surface area contributed by atoms with Crippen LogP contribution < -0.4 is 10.2 Å². The topological polar surface area (TPSA) is 147 Å². The van der Waals surface area contributed by atoms with Crippen LogP contribution in [0.4, 0.5) is 0 Å². The molecule has 178 valence electrons. The first-order chi connectivity index (χ1) is 16.3. The van der Waals surface area contributed by atoms with E-state index in [9.17, 15) is 30.0 Å². The molecule has 3 aromatic rings. The number of hydrogen-bond donors (Lipinski definition) is 4. The Morgan fingerprint density at radius 2 is 1.79 bits per heavy atom. The molecular formula is C25H24O9. The molecule has 2 heterocycles. The van der Waals surface area contributed by atoms with Crippen LogP contribution in [0.15, 0.2) is 64.0 Å². The highest BCUT2D eigenvalue weighted by atomic mass is 16.7. The zero-order chi connectivity index (χ0) is 24.4. The number of allylic oxidation sites excluding steroid dienone is 1. The van der Waals surface area contributed by atoms with E-state index >= 15 is 0 Å². The van der Waals surface area contributed by atoms with E-state index in [0.717, 1.165) is 5.56 Å². The van der Waals surface area contributed by atoms with Crippen molar-refractivity contribution in [3.8, 4) is 5.75 Å². The molecule has 0 amide bonds. The van der Waals surface area contributed by atoms with Crippen molar-refractivity contribution >= 4 is 22.8 Å². The van der Waals surface area contributed by atoms with Crippen LogP contribution in [0.3, 0.4) is 0 Å². The van der Waals surface area contributed by atoms with Crippen molar-refractivity contribution in [2.75, 3.05) is 6.61 Å². The van der Waals surface area contributed by atoms with Crippen molar-refractivity contribution in [2.24, 2.45) is 0 Å². The molecule has 0 bridgehead atoms. The van der Waals surface area contributed by atoms with Gasteiger partial charge in [-0.25, -0.2) is 0 Å². The molecule has 2 aromatic carbocycles. The third-order valence-electron chi connectivity index (χ3n) is 5.62. The summed E-state index contributed by atoms with van der Waals surface area (Å²) in [7, 11) is 0. The van der Waals surface area contributed by atoms with Gasteiger partial charge < -0.3 is 34.3 Å². The van der Waals surface area contributed by atoms with Crippen LogP contribution in [0.2, 0.25) is 0 Å². The second kappa shape index (κ2) is 9.88. The maximum absolute atomic E-state index is 12.8. The van der Waals surface area contributed by atoms with Crippen LogP contribution in [0.25, 0.3) is 17.0 Å². The highest BCUT2D eigenvalue weighted by Crippen LogP contribution is 2.26. The minimum atomic E-state index is -1.58. The molecule has 4 N–H and O–H groups in total. The Morgan fingerprint density at radius 1 is 1.06 bits per heavy atom. The Hall–Kier alpha value is -3.34. The molecule has 1 aromatic heterocycles. The lowest BCUT2D eigenvalue weighted by atomic mass is 9.99. The third-order valence-corrected chi connectivity index (χ3v) is 5.62. The average molecular weight is 468 g/mol. The van der Waals surface area contributed by atoms with Crippen molar-refractivity contribution in [3.05, 3.63) is 81.7 Å². The molecule has 1 aliphatic rings. The predicted molar refractivity (Wildman–Crippen MR) is 121 cm³/mol. The molecule has 1 aliphatic heterocycles. The van der Waals surface area contributed by atoms with E-state index in [2.05, 4.69) is 0 Å². The fourth-order valence-electron chi connectivity index (χ4n) is 3.59. The van der Waals surface area contributed by atoms with Crippen LogP contribution in [0.5, 0.6) is 5.75 Å². The number of carbonyl (C=O) groups is 1. The SMILES string of the molecule is Cc1ccc(C(=O)/C=C/c2coc3cc(O[C@@H]4O[C@H](CO)[C@@H](O)[C@H](O)[C@H]4O)ccc3c2=O)cc1. The molecule has 9 nitrogen and oxygen atoms in total. The molecule has 0 saturated carbocycles. The normalized spacial score (nSPS) is 25.0. The molecule has 9 heteroatoms. The summed E-state index contributed by atoms with van der Waals surface area (Å²) in [5.74, 6) is -0.0828. The number of aliphatic hydroxyl groups excluding tert-OH is 4. The first-order valence-electron chi connectivity index (χ1n) is 10.6. The predicted octanol–water partition coefficient (Wildman–Crippen LogP) is 1.18. The number of benzene rings is 2. The van der Waals surface area contributed by atoms with Gasteiger partial charge in [-0.1, -0.05) is 29.8 Å². The lowest BCUT2D eigenvalue weighted by Crippen LogP contribution is -2.60. The highest BCUT2D eigenvalue weighted by molar-refractivity contribution is 6.06. The van der Waals surface area contributed by atoms with Crippen LogP contribution in [-0.2, 0) is 4.74 Å². The maximum Gasteiger partial charge on any atom is 0.229 e. The molecule has 0 spiro atoms. The van der Waals surface area contributed by atoms with E-state index in [1.165, 1.54) is 36.6 Å². The van der Waals surface area contributed by atoms with Crippen LogP contribution >= 0.6 is 0 Å². The fraction of sp³-hybridized carbons (Fsp3) is 0.280. The van der Waals surface area contributed by atoms with Crippen molar-refractivity contribution in [1.29, 1.82) is 0 Å². The number of ketones is 1. The number of aryl methyl sites for hydroxylation is 1. The summed E-state index contributed by atoms with van der Waals surface area (Å²) in [6, 6.07) is 11.4. The van der Waals surface area contributed by atoms with E-state index in [4.69, 9.17) is 13.9 Å². The zero-order valence-corrected chi connectivity index (χ0v) is 18.2. The number of rotatable bonds is 6. The number of fused-ring (bicyclic) bond motifs is 1. The Morgan fingerprint density at radius 3 is 2.50 bits per heavy atom. The standard InChI is InChI=1S/C25H24O9/c1-13-2-4-14(5-3-13)18(27)9-6-15-12-32-19-10-16(7-8-17(19)21(15)28)33-25-24(31)23(30)22(29)20(11-26)34-25/h2-10,12,20,22-26,29-31H,11H2,1H3/b9-6+/t20-,22-,23+,24-,25-/m1/s1. The highest BCUT2D eigenvalue weighted by Gasteiger charge is 2.44. The number of hydrogen-bond acceptors (Lipinski definition) is 9. The Balaban J connectivity index is 1.53. The van der Waals surface area contributed by atoms with Gasteiger partial charge in [0.1, 0.15) is 42.0 Å². The van der Waals surface area contributed by atoms with Crippen LogP contribution in [0, 0.1) is 6.92 Å². The Labute approximate surface area is 194 Å². The third kappa shape index (κ3) is 4.79. The zero-order valence-electron chi connectivity index (χ0n) is 18.2. The molecule has 34 heavy (non-hydrogen) atoms. The summed E-state index contributed by atoms with van der Waals surface area (Å²) in [6.45, 7) is 1.34. The molecule has 5 atom stereocenters. The van der Waals surface area contributed by atoms with E-state index in [1.54, 1.807) is 12.1 Å². The molecule has 0 radical (unpaired) electrons. The lowest BCUT2D eigenvalue weighted by Gasteiger charge is -2.39. The first kappa shape index (κ1) is 23.8. The number of ether oxygens (including phenoxy) is 2. The summed E-state index contributed by atoms with van der Waals surface area (Å²) in [6.07, 6.45) is -3.20. The summed E-state index contributed by atoms with van der Waals surface area (Å²) >= 11 is 0. The largest absolute Gasteiger partial charge is 0.463 e. The summed E-state index contributed by atoms with van der Waals surface area (Å²) in [5.41, 5.74) is 1.56. The van der Waals surface area contributed by atoms with Gasteiger partial charge in [-0.3, -0.25) is 9.59 Å². The smallest absolute Gasteiger partial charge is 0.229 e. The number of aliphatic hydroxyl groups is 4. The quantitative estimate of drug-likeness (QED) is 0.309. The lowest BCUT2D eigenvalue weighted by molar-refractivity contribution is -0.277. The van der Waals surface area contributed by atoms with Crippen molar-refractivity contribution < 1.29 is 39.1 Å². The van der Waals surface area contributed by atoms with Gasteiger partial charge in [-0.05, 0) is 31.2 Å². The van der Waals surface area contributed by atoms with E-state index < -0.39 is 37.3 Å². The van der Waals surface area contributed by atoms with Gasteiger partial charge in [-0.15, -0.1) is 0 Å². The summed E-state index contributed by atoms with van der Waals surface area (Å²) in [5, 5.41) is 39.4. The molecular weight excluding hydrogens is 444 g/mol. The van der Waals surface area contributed by atoms with Gasteiger partial charge >= 0.3 is 0 Å². The van der Waals surface area contributed by atoms with Crippen molar-refractivity contribution in [3.63, 3.8) is 0 Å². The summed E-state index contributed by atoms with van der Waals surface area (Å²) < 4.78 is 16.4. The molecule has 4 rings (SSSR count). The monoisotopic (exact) mass is 468 g/mol. The van der Waals surface area contributed by atoms with Gasteiger partial charge in [0.15, 0.2) is 11.2 Å². The van der Waals surface area contributed by atoms with Crippen molar-refractivity contribution in [2.45, 2.75) is 37.6 Å². The van der Waals surface area contributed by atoms with E-state index in [-0.39, 0.29) is 33.5 Å². The van der Waals surface area contributed by atoms with Crippen molar-refractivity contribution in [1.82, 2.24) is 0 Å². The number of carbonyl (C=O) groups excluding carboxylic acids is 1. The second-order valence-electron chi connectivity index (χ2n) is 8.06. The fourth-order valence-corrected chi connectivity index (χ4v) is 3.59. The average Bonchev–Trinajstić information content (AvgIpc) is 2.84. The van der Waals surface area contributed by atoms with Gasteiger partial charge in [-0.2, -0.15) is 0 Å². The van der Waals surface area contributed by atoms with Gasteiger partial charge in [0, 0.05) is 11.6 Å². The molecule has 0 aliphatic carbocycles. The summed E-state index contributed by atoms with van der Waals surface area (Å²) in [4.78, 5) is 25.2. The van der Waals surface area contributed by atoms with Crippen LogP contribution in [-0.4, -0.2) is 63.5 Å². The minimum Gasteiger partial charge on any atom is -0.463 e. The Kier molecular flexibility index (Phi) is 6.92. The van der Waals surface area contributed by atoms with Gasteiger partial charge in [0.2, 0.25) is 6.29 Å². The minimum absolute atomic E-state index is 0.165. The van der Waals surface area contributed by atoms with E-state index in [1.807, 2.05) is 19.1 Å². The molecule has 0 unspecified atom stereocenters. The van der Waals surface area contributed by atoms with E-state index in [0.29, 0.717) is 5.56 Å². The van der Waals surface area contributed by atoms with Gasteiger partial charge in [0.25, 0.3) is 0 Å². The first-order valence-corrected chi connectivity index (χ1v) is 10.6. The van der Waals surface area contributed by atoms with Gasteiger partial charge in [0.05, 0.1) is 17.6 Å². The van der Waals surface area contributed by atoms with Crippen LogP contribution in [0.1, 0.15) is 21.5 Å². The Bertz CT molecular complexity index is 1260. The maximum atomic E-state index is 12.8.